The summed E-state index contributed by atoms with van der Waals surface area (Å²) >= 11 is 0.976. The third-order valence-electron chi connectivity index (χ3n) is 4.06. The third-order valence-corrected chi connectivity index (χ3v) is 4.88. The molecule has 156 valence electrons. The van der Waals surface area contributed by atoms with E-state index in [1.54, 1.807) is 6.92 Å². The number of thioether (sulfide) groups is 1. The van der Waals surface area contributed by atoms with Gasteiger partial charge in [-0.1, -0.05) is 17.8 Å². The predicted octanol–water partition coefficient (Wildman–Crippen LogP) is 0.995. The van der Waals surface area contributed by atoms with Gasteiger partial charge >= 0.3 is 5.69 Å². The van der Waals surface area contributed by atoms with E-state index in [9.17, 15) is 24.5 Å². The topological polar surface area (TPSA) is 166 Å². The fourth-order valence-electron chi connectivity index (χ4n) is 2.52. The van der Waals surface area contributed by atoms with Crippen molar-refractivity contribution < 1.29 is 14.1 Å². The summed E-state index contributed by atoms with van der Waals surface area (Å²) in [4.78, 5) is 48.7. The van der Waals surface area contributed by atoms with E-state index in [1.807, 2.05) is 0 Å². The number of hydrogen-bond donors (Lipinski definition) is 2. The van der Waals surface area contributed by atoms with E-state index in [0.717, 1.165) is 16.3 Å². The fourth-order valence-corrected chi connectivity index (χ4v) is 3.10. The summed E-state index contributed by atoms with van der Waals surface area (Å²) in [5.74, 6) is -0.321. The van der Waals surface area contributed by atoms with Gasteiger partial charge in [0.05, 0.1) is 17.1 Å². The summed E-state index contributed by atoms with van der Waals surface area (Å²) in [7, 11) is 1.36. The molecule has 1 aromatic carbocycles. The SMILES string of the molecule is Cc1[nH]c(=O)n(C)c(=O)c1Cc1nnc(SCC(=O)Nc2cccc([N+](=O)[O-])c2)o1. The Morgan fingerprint density at radius 3 is 2.87 bits per heavy atom. The van der Waals surface area contributed by atoms with Crippen molar-refractivity contribution >= 4 is 29.0 Å². The second-order valence-electron chi connectivity index (χ2n) is 6.18. The van der Waals surface area contributed by atoms with Crippen LogP contribution in [0.3, 0.4) is 0 Å². The van der Waals surface area contributed by atoms with Crippen LogP contribution in [0.2, 0.25) is 0 Å². The standard InChI is InChI=1S/C17H16N6O6S/c1-9-12(15(25)22(2)16(26)18-9)7-14-20-21-17(29-14)30-8-13(24)19-10-4-3-5-11(6-10)23(27)28/h3-6H,7-8H2,1-2H3,(H,18,26)(H,19,24). The highest BCUT2D eigenvalue weighted by Crippen LogP contribution is 2.20. The molecule has 0 bridgehead atoms. The van der Waals surface area contributed by atoms with E-state index in [2.05, 4.69) is 20.5 Å². The van der Waals surface area contributed by atoms with Crippen molar-refractivity contribution in [2.24, 2.45) is 7.05 Å². The second kappa shape index (κ2) is 8.73. The number of nitrogens with one attached hydrogen (secondary N) is 2. The van der Waals surface area contributed by atoms with Crippen molar-refractivity contribution in [2.75, 3.05) is 11.1 Å². The van der Waals surface area contributed by atoms with Crippen LogP contribution in [-0.4, -0.2) is 36.3 Å². The first-order valence-electron chi connectivity index (χ1n) is 8.53. The normalized spacial score (nSPS) is 10.7. The lowest BCUT2D eigenvalue weighted by Crippen LogP contribution is -2.36. The molecule has 0 unspecified atom stereocenters. The Hall–Kier alpha value is -3.74. The summed E-state index contributed by atoms with van der Waals surface area (Å²) in [6, 6.07) is 5.57. The zero-order valence-electron chi connectivity index (χ0n) is 15.9. The van der Waals surface area contributed by atoms with Crippen LogP contribution in [0, 0.1) is 17.0 Å². The average Bonchev–Trinajstić information content (AvgIpc) is 3.16. The van der Waals surface area contributed by atoms with Crippen LogP contribution in [-0.2, 0) is 18.3 Å². The highest BCUT2D eigenvalue weighted by atomic mass is 32.2. The number of aromatic nitrogens is 4. The van der Waals surface area contributed by atoms with E-state index >= 15 is 0 Å². The molecular weight excluding hydrogens is 416 g/mol. The average molecular weight is 432 g/mol. The van der Waals surface area contributed by atoms with Gasteiger partial charge in [0.25, 0.3) is 16.5 Å². The third kappa shape index (κ3) is 4.81. The maximum Gasteiger partial charge on any atom is 0.328 e. The molecule has 0 fully saturated rings. The molecule has 3 aromatic rings. The first-order valence-corrected chi connectivity index (χ1v) is 9.51. The second-order valence-corrected chi connectivity index (χ2v) is 7.11. The number of benzene rings is 1. The Bertz CT molecular complexity index is 1230. The molecule has 30 heavy (non-hydrogen) atoms. The summed E-state index contributed by atoms with van der Waals surface area (Å²) in [5, 5.41) is 21.1. The maximum absolute atomic E-state index is 12.2. The number of aromatic amines is 1. The highest BCUT2D eigenvalue weighted by Gasteiger charge is 2.15. The van der Waals surface area contributed by atoms with E-state index in [4.69, 9.17) is 4.42 Å². The largest absolute Gasteiger partial charge is 0.416 e. The molecule has 0 radical (unpaired) electrons. The minimum Gasteiger partial charge on any atom is -0.416 e. The van der Waals surface area contributed by atoms with Crippen LogP contribution in [0.5, 0.6) is 0 Å². The number of carbonyl (C=O) groups is 1. The molecule has 12 nitrogen and oxygen atoms in total. The molecule has 0 aliphatic carbocycles. The summed E-state index contributed by atoms with van der Waals surface area (Å²) < 4.78 is 6.40. The molecule has 2 aromatic heterocycles. The Kier molecular flexibility index (Phi) is 6.11. The number of anilines is 1. The monoisotopic (exact) mass is 432 g/mol. The highest BCUT2D eigenvalue weighted by molar-refractivity contribution is 7.99. The van der Waals surface area contributed by atoms with Crippen molar-refractivity contribution in [3.8, 4) is 0 Å². The van der Waals surface area contributed by atoms with Gasteiger partial charge in [0.15, 0.2) is 0 Å². The summed E-state index contributed by atoms with van der Waals surface area (Å²) in [6.45, 7) is 1.60. The van der Waals surface area contributed by atoms with E-state index in [1.165, 1.54) is 31.3 Å². The number of carbonyl (C=O) groups excluding carboxylic acids is 1. The Balaban J connectivity index is 1.61. The Labute approximate surface area is 172 Å². The van der Waals surface area contributed by atoms with Crippen molar-refractivity contribution in [3.63, 3.8) is 0 Å². The molecule has 0 atom stereocenters. The van der Waals surface area contributed by atoms with E-state index in [-0.39, 0.29) is 29.0 Å². The van der Waals surface area contributed by atoms with Crippen molar-refractivity contribution in [1.82, 2.24) is 19.7 Å². The van der Waals surface area contributed by atoms with Crippen molar-refractivity contribution in [2.45, 2.75) is 18.6 Å². The number of amides is 1. The van der Waals surface area contributed by atoms with Crippen LogP contribution >= 0.6 is 11.8 Å². The number of H-pyrrole nitrogens is 1. The summed E-state index contributed by atoms with van der Waals surface area (Å²) in [5.41, 5.74) is -0.0820. The van der Waals surface area contributed by atoms with Crippen LogP contribution in [0.15, 0.2) is 43.5 Å². The van der Waals surface area contributed by atoms with Gasteiger partial charge in [-0.05, 0) is 13.0 Å². The van der Waals surface area contributed by atoms with Crippen molar-refractivity contribution in [3.05, 3.63) is 72.4 Å². The smallest absolute Gasteiger partial charge is 0.328 e. The quantitative estimate of drug-likeness (QED) is 0.314. The van der Waals surface area contributed by atoms with Gasteiger partial charge in [0.2, 0.25) is 11.8 Å². The van der Waals surface area contributed by atoms with Gasteiger partial charge in [0.1, 0.15) is 0 Å². The summed E-state index contributed by atoms with van der Waals surface area (Å²) in [6.07, 6.45) is 0.0305. The zero-order chi connectivity index (χ0) is 21.8. The van der Waals surface area contributed by atoms with Gasteiger partial charge in [-0.3, -0.25) is 24.3 Å². The van der Waals surface area contributed by atoms with Gasteiger partial charge in [0, 0.05) is 36.1 Å². The number of non-ortho nitro benzene ring substituents is 1. The molecule has 3 rings (SSSR count). The van der Waals surface area contributed by atoms with Gasteiger partial charge in [-0.25, -0.2) is 4.79 Å². The molecule has 13 heteroatoms. The molecule has 0 saturated heterocycles. The minimum atomic E-state index is -0.554. The maximum atomic E-state index is 12.2. The molecule has 0 aliphatic heterocycles. The molecular formula is C17H16N6O6S. The van der Waals surface area contributed by atoms with E-state index < -0.39 is 22.1 Å². The molecule has 0 aliphatic rings. The first kappa shape index (κ1) is 21.0. The van der Waals surface area contributed by atoms with Gasteiger partial charge in [-0.15, -0.1) is 10.2 Å². The lowest BCUT2D eigenvalue weighted by Gasteiger charge is -2.04. The van der Waals surface area contributed by atoms with Crippen LogP contribution in [0.1, 0.15) is 17.1 Å². The number of nitro groups is 1. The molecule has 2 heterocycles. The zero-order valence-corrected chi connectivity index (χ0v) is 16.7. The Morgan fingerprint density at radius 2 is 2.13 bits per heavy atom. The number of nitrogens with zero attached hydrogens (tertiary/aromatic N) is 4. The van der Waals surface area contributed by atoms with Crippen LogP contribution in [0.4, 0.5) is 11.4 Å². The number of rotatable bonds is 7. The number of nitro benzene ring substituents is 1. The van der Waals surface area contributed by atoms with Crippen LogP contribution in [0.25, 0.3) is 0 Å². The first-order chi connectivity index (χ1) is 14.2. The minimum absolute atomic E-state index is 0.0305. The molecule has 0 spiro atoms. The lowest BCUT2D eigenvalue weighted by molar-refractivity contribution is -0.384. The van der Waals surface area contributed by atoms with Crippen LogP contribution < -0.4 is 16.6 Å². The molecule has 2 N–H and O–H groups in total. The van der Waals surface area contributed by atoms with Gasteiger partial charge < -0.3 is 14.7 Å². The fraction of sp³-hybridized carbons (Fsp3) is 0.235. The molecule has 0 saturated carbocycles. The number of aryl methyl sites for hydroxylation is 1. The lowest BCUT2D eigenvalue weighted by atomic mass is 10.2. The predicted molar refractivity (Wildman–Crippen MR) is 107 cm³/mol. The Morgan fingerprint density at radius 1 is 1.37 bits per heavy atom. The van der Waals surface area contributed by atoms with Gasteiger partial charge in [-0.2, -0.15) is 0 Å². The van der Waals surface area contributed by atoms with Crippen molar-refractivity contribution in [1.29, 1.82) is 0 Å². The molecule has 1 amide bonds. The number of hydrogen-bond acceptors (Lipinski definition) is 9. The van der Waals surface area contributed by atoms with E-state index in [0.29, 0.717) is 16.9 Å².